The zero-order valence-corrected chi connectivity index (χ0v) is 16.6. The first kappa shape index (κ1) is 20.1. The molecule has 7 nitrogen and oxygen atoms in total. The first-order valence-electron chi connectivity index (χ1n) is 9.12. The minimum atomic E-state index is -4.45. The second-order valence-corrected chi connectivity index (χ2v) is 7.59. The van der Waals surface area contributed by atoms with Crippen LogP contribution in [0.15, 0.2) is 41.9 Å². The molecule has 4 rings (SSSR count). The van der Waals surface area contributed by atoms with Crippen molar-refractivity contribution in [2.75, 3.05) is 22.1 Å². The van der Waals surface area contributed by atoms with Crippen molar-refractivity contribution in [2.45, 2.75) is 25.6 Å². The number of carbonyl (C=O) groups is 1. The van der Waals surface area contributed by atoms with Crippen LogP contribution in [0.5, 0.6) is 0 Å². The molecule has 2 aromatic heterocycles. The second kappa shape index (κ2) is 7.90. The van der Waals surface area contributed by atoms with Gasteiger partial charge >= 0.3 is 12.2 Å². The van der Waals surface area contributed by atoms with Gasteiger partial charge in [-0.15, -0.1) is 10.2 Å². The summed E-state index contributed by atoms with van der Waals surface area (Å²) < 4.78 is 39.3. The summed E-state index contributed by atoms with van der Waals surface area (Å²) >= 11 is 1.18. The molecule has 2 N–H and O–H groups in total. The summed E-state index contributed by atoms with van der Waals surface area (Å²) in [6, 6.07) is 7.69. The third-order valence-electron chi connectivity index (χ3n) is 4.70. The minimum absolute atomic E-state index is 0.198. The van der Waals surface area contributed by atoms with Crippen LogP contribution in [0.1, 0.15) is 18.9 Å². The SMILES string of the molecule is C[C@@H]1CCNc2ccc(-c3cccc(C(F)(F)F)c3)nc2N1C(=O)Nc1nncs1. The van der Waals surface area contributed by atoms with E-state index >= 15 is 0 Å². The Kier molecular flexibility index (Phi) is 5.29. The van der Waals surface area contributed by atoms with Crippen LogP contribution in [-0.2, 0) is 6.18 Å². The topological polar surface area (TPSA) is 83.0 Å². The summed E-state index contributed by atoms with van der Waals surface area (Å²) in [6.07, 6.45) is -3.79. The first-order chi connectivity index (χ1) is 14.3. The highest BCUT2D eigenvalue weighted by Crippen LogP contribution is 2.35. The number of anilines is 3. The minimum Gasteiger partial charge on any atom is -0.382 e. The number of carbonyl (C=O) groups excluding carboxylic acids is 1. The van der Waals surface area contributed by atoms with Crippen LogP contribution in [0.25, 0.3) is 11.3 Å². The van der Waals surface area contributed by atoms with E-state index in [1.54, 1.807) is 18.2 Å². The largest absolute Gasteiger partial charge is 0.416 e. The number of pyridine rings is 1. The molecular formula is C19H17F3N6OS. The monoisotopic (exact) mass is 434 g/mol. The van der Waals surface area contributed by atoms with Gasteiger partial charge in [-0.3, -0.25) is 10.2 Å². The highest BCUT2D eigenvalue weighted by Gasteiger charge is 2.31. The number of hydrogen-bond acceptors (Lipinski definition) is 6. The van der Waals surface area contributed by atoms with Crippen molar-refractivity contribution in [1.29, 1.82) is 0 Å². The molecule has 0 spiro atoms. The van der Waals surface area contributed by atoms with Crippen molar-refractivity contribution in [3.05, 3.63) is 47.5 Å². The fourth-order valence-electron chi connectivity index (χ4n) is 3.21. The summed E-state index contributed by atoms with van der Waals surface area (Å²) in [4.78, 5) is 19.0. The number of halogens is 3. The molecule has 1 atom stereocenters. The lowest BCUT2D eigenvalue weighted by molar-refractivity contribution is -0.137. The molecule has 0 aliphatic carbocycles. The maximum atomic E-state index is 13.1. The highest BCUT2D eigenvalue weighted by molar-refractivity contribution is 7.13. The van der Waals surface area contributed by atoms with E-state index in [4.69, 9.17) is 0 Å². The normalized spacial score (nSPS) is 16.4. The van der Waals surface area contributed by atoms with Gasteiger partial charge in [0.15, 0.2) is 5.82 Å². The molecule has 30 heavy (non-hydrogen) atoms. The Labute approximate surface area is 174 Å². The molecule has 156 valence electrons. The Balaban J connectivity index is 1.74. The Morgan fingerprint density at radius 1 is 1.30 bits per heavy atom. The van der Waals surface area contributed by atoms with Crippen molar-refractivity contribution in [3.63, 3.8) is 0 Å². The number of alkyl halides is 3. The van der Waals surface area contributed by atoms with Crippen LogP contribution in [0, 0.1) is 0 Å². The number of rotatable bonds is 2. The summed E-state index contributed by atoms with van der Waals surface area (Å²) in [5, 5.41) is 13.8. The van der Waals surface area contributed by atoms with Crippen LogP contribution in [0.3, 0.4) is 0 Å². The van der Waals surface area contributed by atoms with Crippen LogP contribution in [0.2, 0.25) is 0 Å². The van der Waals surface area contributed by atoms with Crippen molar-refractivity contribution < 1.29 is 18.0 Å². The third kappa shape index (κ3) is 4.06. The smallest absolute Gasteiger partial charge is 0.382 e. The maximum absolute atomic E-state index is 13.1. The summed E-state index contributed by atoms with van der Waals surface area (Å²) in [5.74, 6) is 0.344. The maximum Gasteiger partial charge on any atom is 0.416 e. The lowest BCUT2D eigenvalue weighted by Crippen LogP contribution is -2.42. The molecule has 0 unspecified atom stereocenters. The lowest BCUT2D eigenvalue weighted by Gasteiger charge is -2.27. The van der Waals surface area contributed by atoms with E-state index < -0.39 is 17.8 Å². The van der Waals surface area contributed by atoms with Crippen LogP contribution in [-0.4, -0.2) is 33.8 Å². The molecule has 0 radical (unpaired) electrons. The van der Waals surface area contributed by atoms with Crippen LogP contribution < -0.4 is 15.5 Å². The quantitative estimate of drug-likeness (QED) is 0.602. The van der Waals surface area contributed by atoms with E-state index in [2.05, 4.69) is 25.8 Å². The van der Waals surface area contributed by atoms with Gasteiger partial charge in [0.1, 0.15) is 5.51 Å². The molecule has 0 bridgehead atoms. The van der Waals surface area contributed by atoms with E-state index in [9.17, 15) is 18.0 Å². The Hall–Kier alpha value is -3.21. The van der Waals surface area contributed by atoms with Crippen molar-refractivity contribution >= 4 is 34.0 Å². The number of aromatic nitrogens is 3. The highest BCUT2D eigenvalue weighted by atomic mass is 32.1. The fourth-order valence-corrected chi connectivity index (χ4v) is 3.65. The molecule has 11 heteroatoms. The van der Waals surface area contributed by atoms with Crippen LogP contribution in [0.4, 0.5) is 34.6 Å². The Morgan fingerprint density at radius 3 is 2.87 bits per heavy atom. The van der Waals surface area contributed by atoms with E-state index in [1.807, 2.05) is 6.92 Å². The summed E-state index contributed by atoms with van der Waals surface area (Å²) in [7, 11) is 0. The van der Waals surface area contributed by atoms with Crippen molar-refractivity contribution in [1.82, 2.24) is 15.2 Å². The van der Waals surface area contributed by atoms with E-state index in [-0.39, 0.29) is 6.04 Å². The number of hydrogen-bond donors (Lipinski definition) is 2. The zero-order chi connectivity index (χ0) is 21.3. The molecule has 0 fully saturated rings. The predicted octanol–water partition coefficient (Wildman–Crippen LogP) is 4.86. The van der Waals surface area contributed by atoms with E-state index in [1.165, 1.54) is 27.8 Å². The van der Waals surface area contributed by atoms with Crippen LogP contribution >= 0.6 is 11.3 Å². The summed E-state index contributed by atoms with van der Waals surface area (Å²) in [6.45, 7) is 2.51. The van der Waals surface area contributed by atoms with Gasteiger partial charge in [-0.25, -0.2) is 9.78 Å². The van der Waals surface area contributed by atoms with Gasteiger partial charge in [0.05, 0.1) is 16.9 Å². The van der Waals surface area contributed by atoms with Gasteiger partial charge in [-0.05, 0) is 37.6 Å². The molecule has 3 aromatic rings. The van der Waals surface area contributed by atoms with Gasteiger partial charge in [0.2, 0.25) is 5.13 Å². The molecular weight excluding hydrogens is 417 g/mol. The molecule has 0 saturated carbocycles. The van der Waals surface area contributed by atoms with Gasteiger partial charge in [-0.2, -0.15) is 13.2 Å². The van der Waals surface area contributed by atoms with Gasteiger partial charge in [0.25, 0.3) is 0 Å². The van der Waals surface area contributed by atoms with Gasteiger partial charge < -0.3 is 5.32 Å². The number of nitrogens with one attached hydrogen (secondary N) is 2. The molecule has 1 aliphatic rings. The van der Waals surface area contributed by atoms with Gasteiger partial charge in [-0.1, -0.05) is 23.5 Å². The molecule has 1 aromatic carbocycles. The lowest BCUT2D eigenvalue weighted by atomic mass is 10.1. The molecule has 1 aliphatic heterocycles. The standard InChI is InChI=1S/C19H17F3N6OS/c1-11-7-8-23-15-6-5-14(12-3-2-4-13(9-12)19(20,21)22)25-16(15)28(11)18(29)26-17-27-24-10-30-17/h2-6,9-11,23H,7-8H2,1H3,(H,26,27,29)/t11-/m1/s1. The summed E-state index contributed by atoms with van der Waals surface area (Å²) in [5.41, 5.74) is 2.02. The average molecular weight is 434 g/mol. The van der Waals surface area contributed by atoms with E-state index in [0.29, 0.717) is 40.9 Å². The average Bonchev–Trinajstić information content (AvgIpc) is 3.15. The molecule has 2 amide bonds. The number of amides is 2. The predicted molar refractivity (Wildman–Crippen MR) is 109 cm³/mol. The number of urea groups is 1. The zero-order valence-electron chi connectivity index (χ0n) is 15.8. The first-order valence-corrected chi connectivity index (χ1v) is 10.00. The number of nitrogens with zero attached hydrogens (tertiary/aromatic N) is 4. The van der Waals surface area contributed by atoms with Crippen molar-refractivity contribution in [3.8, 4) is 11.3 Å². The third-order valence-corrected chi connectivity index (χ3v) is 5.31. The van der Waals surface area contributed by atoms with Crippen molar-refractivity contribution in [2.24, 2.45) is 0 Å². The number of benzene rings is 1. The Morgan fingerprint density at radius 2 is 2.13 bits per heavy atom. The number of fused-ring (bicyclic) bond motifs is 1. The molecule has 0 saturated heterocycles. The Bertz CT molecular complexity index is 1060. The van der Waals surface area contributed by atoms with Gasteiger partial charge in [0, 0.05) is 18.2 Å². The second-order valence-electron chi connectivity index (χ2n) is 6.75. The van der Waals surface area contributed by atoms with E-state index in [0.717, 1.165) is 12.1 Å². The molecule has 3 heterocycles. The fraction of sp³-hybridized carbons (Fsp3) is 0.263.